The van der Waals surface area contributed by atoms with E-state index < -0.39 is 0 Å². The summed E-state index contributed by atoms with van der Waals surface area (Å²) in [6.07, 6.45) is 4.59. The summed E-state index contributed by atoms with van der Waals surface area (Å²) >= 11 is 0. The summed E-state index contributed by atoms with van der Waals surface area (Å²) in [7, 11) is 0. The molecule has 2 atom stereocenters. The summed E-state index contributed by atoms with van der Waals surface area (Å²) in [5.74, 6) is 0.340. The van der Waals surface area contributed by atoms with Crippen LogP contribution in [-0.4, -0.2) is 34.9 Å². The number of halogens is 1. The fourth-order valence-electron chi connectivity index (χ4n) is 3.96. The van der Waals surface area contributed by atoms with Crippen molar-refractivity contribution in [1.82, 2.24) is 20.7 Å². The van der Waals surface area contributed by atoms with Gasteiger partial charge in [-0.3, -0.25) is 20.6 Å². The molecule has 1 amide bonds. The van der Waals surface area contributed by atoms with E-state index in [1.807, 2.05) is 29.2 Å². The van der Waals surface area contributed by atoms with Gasteiger partial charge in [-0.2, -0.15) is 0 Å². The molecule has 26 heavy (non-hydrogen) atoms. The summed E-state index contributed by atoms with van der Waals surface area (Å²) in [6.45, 7) is 1.53. The number of nitrogens with zero attached hydrogens (tertiary/aromatic N) is 2. The van der Waals surface area contributed by atoms with Gasteiger partial charge in [0.15, 0.2) is 0 Å². The summed E-state index contributed by atoms with van der Waals surface area (Å²) in [5.41, 5.74) is 8.36. The second-order valence-electron chi connectivity index (χ2n) is 7.08. The molecule has 0 saturated carbocycles. The van der Waals surface area contributed by atoms with Gasteiger partial charge in [0.2, 0.25) is 0 Å². The molecule has 0 radical (unpaired) electrons. The smallest absolute Gasteiger partial charge is 0.272 e. The molecule has 1 aromatic carbocycles. The Hall–Kier alpha value is -2.31. The van der Waals surface area contributed by atoms with Gasteiger partial charge >= 0.3 is 0 Å². The van der Waals surface area contributed by atoms with Gasteiger partial charge in [-0.1, -0.05) is 18.2 Å². The summed E-state index contributed by atoms with van der Waals surface area (Å²) in [6, 6.07) is 12.7. The number of hydrazine groups is 1. The molecule has 0 spiro atoms. The van der Waals surface area contributed by atoms with Crippen LogP contribution in [0.2, 0.25) is 0 Å². The predicted molar refractivity (Wildman–Crippen MR) is 96.7 cm³/mol. The van der Waals surface area contributed by atoms with E-state index in [1.165, 1.54) is 12.1 Å². The second kappa shape index (κ2) is 7.51. The minimum absolute atomic E-state index is 0.0192. The third-order valence-electron chi connectivity index (χ3n) is 5.48. The maximum Gasteiger partial charge on any atom is 0.272 e. The standard InChI is InChI=1S/C20H23FN4O/c21-16-6-4-14(5-7-16)18-13-19(24-23-18)15-8-11-25(12-9-15)20(26)17-3-1-2-10-22-17/h1-7,10,15,18-19,23-24H,8-9,11-13H2. The maximum atomic E-state index is 13.1. The Morgan fingerprint density at radius 1 is 1.08 bits per heavy atom. The maximum absolute atomic E-state index is 13.1. The van der Waals surface area contributed by atoms with Crippen LogP contribution in [0.1, 0.15) is 41.4 Å². The first-order valence-electron chi connectivity index (χ1n) is 9.17. The minimum atomic E-state index is -0.207. The summed E-state index contributed by atoms with van der Waals surface area (Å²) in [5, 5.41) is 0. The Bertz CT molecular complexity index is 744. The van der Waals surface area contributed by atoms with Crippen LogP contribution in [0.5, 0.6) is 0 Å². The van der Waals surface area contributed by atoms with Crippen LogP contribution in [0, 0.1) is 11.7 Å². The molecular weight excluding hydrogens is 331 g/mol. The van der Waals surface area contributed by atoms with Gasteiger partial charge in [0, 0.05) is 31.4 Å². The molecule has 2 aliphatic heterocycles. The van der Waals surface area contributed by atoms with Gasteiger partial charge in [-0.05, 0) is 55.0 Å². The highest BCUT2D eigenvalue weighted by Crippen LogP contribution is 2.30. The zero-order valence-corrected chi connectivity index (χ0v) is 14.6. The van der Waals surface area contributed by atoms with Crippen molar-refractivity contribution in [2.75, 3.05) is 13.1 Å². The highest BCUT2D eigenvalue weighted by Gasteiger charge is 2.34. The van der Waals surface area contributed by atoms with Crippen molar-refractivity contribution in [2.24, 2.45) is 5.92 Å². The number of piperidine rings is 1. The fourth-order valence-corrected chi connectivity index (χ4v) is 3.96. The van der Waals surface area contributed by atoms with Gasteiger partial charge in [0.05, 0.1) is 0 Å². The lowest BCUT2D eigenvalue weighted by atomic mass is 9.86. The SMILES string of the molecule is O=C(c1ccccn1)N1CCC(C2CC(c3ccc(F)cc3)NN2)CC1. The molecule has 5 nitrogen and oxygen atoms in total. The van der Waals surface area contributed by atoms with Gasteiger partial charge in [0.1, 0.15) is 11.5 Å². The third kappa shape index (κ3) is 3.61. The Morgan fingerprint density at radius 3 is 2.54 bits per heavy atom. The number of carbonyl (C=O) groups is 1. The van der Waals surface area contributed by atoms with Crippen LogP contribution in [0.3, 0.4) is 0 Å². The van der Waals surface area contributed by atoms with Crippen LogP contribution in [0.15, 0.2) is 48.7 Å². The summed E-state index contributed by atoms with van der Waals surface area (Å²) in [4.78, 5) is 18.6. The van der Waals surface area contributed by atoms with Crippen LogP contribution in [0.4, 0.5) is 4.39 Å². The molecule has 2 fully saturated rings. The Balaban J connectivity index is 1.31. The number of aromatic nitrogens is 1. The normalized spacial score (nSPS) is 24.0. The number of hydrogen-bond donors (Lipinski definition) is 2. The molecule has 2 saturated heterocycles. The second-order valence-corrected chi connectivity index (χ2v) is 7.08. The fraction of sp³-hybridized carbons (Fsp3) is 0.400. The van der Waals surface area contributed by atoms with E-state index in [-0.39, 0.29) is 17.8 Å². The van der Waals surface area contributed by atoms with Gasteiger partial charge < -0.3 is 4.90 Å². The monoisotopic (exact) mass is 354 g/mol. The topological polar surface area (TPSA) is 57.3 Å². The third-order valence-corrected chi connectivity index (χ3v) is 5.48. The highest BCUT2D eigenvalue weighted by atomic mass is 19.1. The number of rotatable bonds is 3. The average Bonchev–Trinajstić information content (AvgIpc) is 3.19. The molecule has 6 heteroatoms. The highest BCUT2D eigenvalue weighted by molar-refractivity contribution is 5.92. The van der Waals surface area contributed by atoms with Crippen molar-refractivity contribution in [3.63, 3.8) is 0 Å². The van der Waals surface area contributed by atoms with Crippen LogP contribution in [0.25, 0.3) is 0 Å². The lowest BCUT2D eigenvalue weighted by Crippen LogP contribution is -2.44. The lowest BCUT2D eigenvalue weighted by molar-refractivity contribution is 0.0667. The number of benzene rings is 1. The number of carbonyl (C=O) groups excluding carboxylic acids is 1. The van der Waals surface area contributed by atoms with Crippen LogP contribution >= 0.6 is 0 Å². The Morgan fingerprint density at radius 2 is 1.85 bits per heavy atom. The lowest BCUT2D eigenvalue weighted by Gasteiger charge is -2.34. The van der Waals surface area contributed by atoms with E-state index in [0.29, 0.717) is 17.7 Å². The van der Waals surface area contributed by atoms with E-state index in [1.54, 1.807) is 12.3 Å². The van der Waals surface area contributed by atoms with Gasteiger partial charge in [-0.15, -0.1) is 0 Å². The predicted octanol–water partition coefficient (Wildman–Crippen LogP) is 2.68. The number of nitrogens with one attached hydrogen (secondary N) is 2. The average molecular weight is 354 g/mol. The number of likely N-dealkylation sites (tertiary alicyclic amines) is 1. The van der Waals surface area contributed by atoms with Crippen molar-refractivity contribution in [2.45, 2.75) is 31.3 Å². The van der Waals surface area contributed by atoms with Crippen molar-refractivity contribution in [3.05, 3.63) is 65.7 Å². The van der Waals surface area contributed by atoms with Crippen molar-refractivity contribution in [1.29, 1.82) is 0 Å². The molecule has 2 aliphatic rings. The molecule has 136 valence electrons. The van der Waals surface area contributed by atoms with E-state index in [4.69, 9.17) is 0 Å². The zero-order valence-electron chi connectivity index (χ0n) is 14.6. The summed E-state index contributed by atoms with van der Waals surface area (Å²) < 4.78 is 13.1. The molecule has 1 aromatic heterocycles. The first-order valence-corrected chi connectivity index (χ1v) is 9.17. The largest absolute Gasteiger partial charge is 0.337 e. The molecule has 4 rings (SSSR count). The Labute approximate surface area is 152 Å². The van der Waals surface area contributed by atoms with Crippen molar-refractivity contribution in [3.8, 4) is 0 Å². The number of pyridine rings is 1. The molecule has 2 N–H and O–H groups in total. The molecule has 2 unspecified atom stereocenters. The number of amides is 1. The van der Waals surface area contributed by atoms with E-state index >= 15 is 0 Å². The first kappa shape index (κ1) is 17.1. The molecule has 2 aromatic rings. The van der Waals surface area contributed by atoms with Crippen molar-refractivity contribution >= 4 is 5.91 Å². The first-order chi connectivity index (χ1) is 12.7. The molecule has 0 aliphatic carbocycles. The van der Waals surface area contributed by atoms with Gasteiger partial charge in [0.25, 0.3) is 5.91 Å². The zero-order chi connectivity index (χ0) is 17.9. The molecular formula is C20H23FN4O. The van der Waals surface area contributed by atoms with Gasteiger partial charge in [-0.25, -0.2) is 4.39 Å². The number of hydrogen-bond acceptors (Lipinski definition) is 4. The van der Waals surface area contributed by atoms with Crippen molar-refractivity contribution < 1.29 is 9.18 Å². The van der Waals surface area contributed by atoms with Crippen LogP contribution < -0.4 is 10.9 Å². The minimum Gasteiger partial charge on any atom is -0.337 e. The molecule has 0 bridgehead atoms. The Kier molecular flexibility index (Phi) is 4.95. The molecule has 3 heterocycles. The van der Waals surface area contributed by atoms with E-state index in [9.17, 15) is 9.18 Å². The quantitative estimate of drug-likeness (QED) is 0.890. The van der Waals surface area contributed by atoms with E-state index in [0.717, 1.165) is 37.9 Å². The van der Waals surface area contributed by atoms with E-state index in [2.05, 4.69) is 15.8 Å². The van der Waals surface area contributed by atoms with Crippen LogP contribution in [-0.2, 0) is 0 Å².